The third-order valence-corrected chi connectivity index (χ3v) is 5.29. The van der Waals surface area contributed by atoms with Gasteiger partial charge in [-0.2, -0.15) is 0 Å². The second-order valence-corrected chi connectivity index (χ2v) is 7.67. The molecular weight excluding hydrogens is 352 g/mol. The van der Waals surface area contributed by atoms with Gasteiger partial charge in [-0.05, 0) is 49.2 Å². The van der Waals surface area contributed by atoms with Gasteiger partial charge in [0.25, 0.3) is 5.91 Å². The van der Waals surface area contributed by atoms with Crippen molar-refractivity contribution in [2.24, 2.45) is 0 Å². The molecule has 0 fully saturated rings. The molecule has 2 aromatic rings. The first kappa shape index (κ1) is 19.9. The number of carbonyl (C=O) groups is 1. The zero-order chi connectivity index (χ0) is 19.2. The zero-order valence-corrected chi connectivity index (χ0v) is 16.0. The zero-order valence-electron chi connectivity index (χ0n) is 15.2. The van der Waals surface area contributed by atoms with Crippen molar-refractivity contribution in [3.63, 3.8) is 0 Å². The van der Waals surface area contributed by atoms with E-state index in [0.29, 0.717) is 24.3 Å². The topological polar surface area (TPSA) is 84.5 Å². The van der Waals surface area contributed by atoms with Crippen molar-refractivity contribution < 1.29 is 17.9 Å². The maximum Gasteiger partial charge on any atom is 0.251 e. The third-order valence-electron chi connectivity index (χ3n) is 3.74. The first-order valence-corrected chi connectivity index (χ1v) is 9.90. The number of hydrogen-bond acceptors (Lipinski definition) is 4. The number of amides is 1. The summed E-state index contributed by atoms with van der Waals surface area (Å²) in [5.41, 5.74) is 2.14. The Morgan fingerprint density at radius 3 is 2.58 bits per heavy atom. The minimum Gasteiger partial charge on any atom is -0.492 e. The van der Waals surface area contributed by atoms with Crippen LogP contribution in [0.1, 0.15) is 28.4 Å². The lowest BCUT2D eigenvalue weighted by Gasteiger charge is -2.11. The molecule has 0 aliphatic carbocycles. The third kappa shape index (κ3) is 5.31. The average Bonchev–Trinajstić information content (AvgIpc) is 2.59. The summed E-state index contributed by atoms with van der Waals surface area (Å²) in [6.07, 6.45) is 0. The smallest absolute Gasteiger partial charge is 0.251 e. The van der Waals surface area contributed by atoms with E-state index in [-0.39, 0.29) is 17.3 Å². The summed E-state index contributed by atoms with van der Waals surface area (Å²) in [7, 11) is -3.60. The Hall–Kier alpha value is -2.38. The molecule has 0 unspecified atom stereocenters. The van der Waals surface area contributed by atoms with Gasteiger partial charge >= 0.3 is 0 Å². The van der Waals surface area contributed by atoms with Crippen molar-refractivity contribution >= 4 is 15.9 Å². The first-order valence-electron chi connectivity index (χ1n) is 8.41. The number of aryl methyl sites for hydroxylation is 2. The number of ether oxygens (including phenoxy) is 1. The second kappa shape index (κ2) is 8.82. The summed E-state index contributed by atoms with van der Waals surface area (Å²) in [5, 5.41) is 2.76. The largest absolute Gasteiger partial charge is 0.492 e. The van der Waals surface area contributed by atoms with Gasteiger partial charge in [-0.3, -0.25) is 4.79 Å². The fraction of sp³-hybridized carbons (Fsp3) is 0.316. The molecule has 0 aromatic heterocycles. The summed E-state index contributed by atoms with van der Waals surface area (Å²) in [6, 6.07) is 12.2. The Bertz CT molecular complexity index is 879. The standard InChI is InChI=1S/C19H24N2O4S/c1-4-21-26(23,24)17-9-8-15(3)18(13-17)19(22)20-10-11-25-16-7-5-6-14(2)12-16/h5-9,12-13,21H,4,10-11H2,1-3H3,(H,20,22). The SMILES string of the molecule is CCNS(=O)(=O)c1ccc(C)c(C(=O)NCCOc2cccc(C)c2)c1. The van der Waals surface area contributed by atoms with Crippen LogP contribution in [0.4, 0.5) is 0 Å². The molecule has 2 rings (SSSR count). The predicted octanol–water partition coefficient (Wildman–Crippen LogP) is 2.41. The summed E-state index contributed by atoms with van der Waals surface area (Å²) in [4.78, 5) is 12.5. The molecule has 0 bridgehead atoms. The van der Waals surface area contributed by atoms with Crippen LogP contribution < -0.4 is 14.8 Å². The predicted molar refractivity (Wildman–Crippen MR) is 101 cm³/mol. The van der Waals surface area contributed by atoms with Gasteiger partial charge in [0.2, 0.25) is 10.0 Å². The highest BCUT2D eigenvalue weighted by atomic mass is 32.2. The van der Waals surface area contributed by atoms with Crippen molar-refractivity contribution in [1.82, 2.24) is 10.0 Å². The fourth-order valence-electron chi connectivity index (χ4n) is 2.42. The van der Waals surface area contributed by atoms with E-state index in [1.807, 2.05) is 31.2 Å². The number of carbonyl (C=O) groups excluding carboxylic acids is 1. The monoisotopic (exact) mass is 376 g/mol. The lowest BCUT2D eigenvalue weighted by Crippen LogP contribution is -2.29. The maximum atomic E-state index is 12.4. The van der Waals surface area contributed by atoms with Gasteiger partial charge in [0, 0.05) is 12.1 Å². The van der Waals surface area contributed by atoms with Gasteiger partial charge in [0.15, 0.2) is 0 Å². The lowest BCUT2D eigenvalue weighted by molar-refractivity contribution is 0.0946. The molecule has 140 valence electrons. The van der Waals surface area contributed by atoms with Crippen LogP contribution in [0.2, 0.25) is 0 Å². The Balaban J connectivity index is 1.98. The average molecular weight is 376 g/mol. The van der Waals surface area contributed by atoms with Crippen LogP contribution >= 0.6 is 0 Å². The molecule has 0 spiro atoms. The highest BCUT2D eigenvalue weighted by molar-refractivity contribution is 7.89. The van der Waals surface area contributed by atoms with E-state index in [4.69, 9.17) is 4.74 Å². The minimum atomic E-state index is -3.60. The molecular formula is C19H24N2O4S. The first-order chi connectivity index (χ1) is 12.3. The number of nitrogens with one attached hydrogen (secondary N) is 2. The van der Waals surface area contributed by atoms with Crippen molar-refractivity contribution in [3.05, 3.63) is 59.2 Å². The van der Waals surface area contributed by atoms with Gasteiger partial charge in [0.05, 0.1) is 11.4 Å². The molecule has 2 aromatic carbocycles. The molecule has 0 saturated heterocycles. The molecule has 0 radical (unpaired) electrons. The van der Waals surface area contributed by atoms with Crippen LogP contribution in [0.5, 0.6) is 5.75 Å². The summed E-state index contributed by atoms with van der Waals surface area (Å²) >= 11 is 0. The summed E-state index contributed by atoms with van der Waals surface area (Å²) in [5.74, 6) is 0.415. The normalized spacial score (nSPS) is 11.2. The van der Waals surface area contributed by atoms with E-state index in [9.17, 15) is 13.2 Å². The van der Waals surface area contributed by atoms with Gasteiger partial charge in [-0.15, -0.1) is 0 Å². The van der Waals surface area contributed by atoms with E-state index in [2.05, 4.69) is 10.0 Å². The number of rotatable bonds is 8. The van der Waals surface area contributed by atoms with Gasteiger partial charge in [-0.1, -0.05) is 25.1 Å². The van der Waals surface area contributed by atoms with E-state index in [1.54, 1.807) is 19.9 Å². The maximum absolute atomic E-state index is 12.4. The van der Waals surface area contributed by atoms with Crippen LogP contribution in [-0.2, 0) is 10.0 Å². The summed E-state index contributed by atoms with van der Waals surface area (Å²) in [6.45, 7) is 6.37. The van der Waals surface area contributed by atoms with Crippen LogP contribution in [0.25, 0.3) is 0 Å². The fourth-order valence-corrected chi connectivity index (χ4v) is 3.49. The van der Waals surface area contributed by atoms with Gasteiger partial charge in [0.1, 0.15) is 12.4 Å². The van der Waals surface area contributed by atoms with Gasteiger partial charge in [-0.25, -0.2) is 13.1 Å². The molecule has 2 N–H and O–H groups in total. The molecule has 7 heteroatoms. The van der Waals surface area contributed by atoms with Crippen LogP contribution in [-0.4, -0.2) is 34.0 Å². The lowest BCUT2D eigenvalue weighted by atomic mass is 10.1. The molecule has 0 heterocycles. The van der Waals surface area contributed by atoms with Crippen molar-refractivity contribution in [2.75, 3.05) is 19.7 Å². The minimum absolute atomic E-state index is 0.0751. The van der Waals surface area contributed by atoms with Crippen molar-refractivity contribution in [2.45, 2.75) is 25.7 Å². The van der Waals surface area contributed by atoms with E-state index in [0.717, 1.165) is 11.3 Å². The van der Waals surface area contributed by atoms with Crippen LogP contribution in [0.3, 0.4) is 0 Å². The molecule has 0 aliphatic rings. The van der Waals surface area contributed by atoms with E-state index in [1.165, 1.54) is 12.1 Å². The van der Waals surface area contributed by atoms with Gasteiger partial charge < -0.3 is 10.1 Å². The summed E-state index contributed by atoms with van der Waals surface area (Å²) < 4.78 is 32.2. The molecule has 0 atom stereocenters. The van der Waals surface area contributed by atoms with E-state index < -0.39 is 10.0 Å². The van der Waals surface area contributed by atoms with Crippen molar-refractivity contribution in [3.8, 4) is 5.75 Å². The number of sulfonamides is 1. The molecule has 26 heavy (non-hydrogen) atoms. The Morgan fingerprint density at radius 1 is 1.12 bits per heavy atom. The van der Waals surface area contributed by atoms with Crippen LogP contribution in [0.15, 0.2) is 47.4 Å². The Kier molecular flexibility index (Phi) is 6.76. The Labute approximate surface area is 154 Å². The highest BCUT2D eigenvalue weighted by Gasteiger charge is 2.17. The molecule has 0 aliphatic heterocycles. The number of hydrogen-bond donors (Lipinski definition) is 2. The molecule has 0 saturated carbocycles. The Morgan fingerprint density at radius 2 is 1.88 bits per heavy atom. The molecule has 1 amide bonds. The van der Waals surface area contributed by atoms with Crippen molar-refractivity contribution in [1.29, 1.82) is 0 Å². The highest BCUT2D eigenvalue weighted by Crippen LogP contribution is 2.16. The van der Waals surface area contributed by atoms with Crippen LogP contribution in [0, 0.1) is 13.8 Å². The second-order valence-electron chi connectivity index (χ2n) is 5.90. The number of benzene rings is 2. The van der Waals surface area contributed by atoms with E-state index >= 15 is 0 Å². The molecule has 6 nitrogen and oxygen atoms in total. The quantitative estimate of drug-likeness (QED) is 0.693.